The molecule has 0 radical (unpaired) electrons. The number of benzene rings is 2. The van der Waals surface area contributed by atoms with Gasteiger partial charge in [-0.3, -0.25) is 0 Å². The third kappa shape index (κ3) is 3.85. The molecule has 0 unspecified atom stereocenters. The number of rotatable bonds is 6. The predicted octanol–water partition coefficient (Wildman–Crippen LogP) is 3.82. The van der Waals surface area contributed by atoms with Crippen LogP contribution in [0.15, 0.2) is 41.5 Å². The molecule has 2 aromatic carbocycles. The van der Waals surface area contributed by atoms with E-state index in [0.717, 1.165) is 11.1 Å². The van der Waals surface area contributed by atoms with E-state index in [-0.39, 0.29) is 0 Å². The van der Waals surface area contributed by atoms with Gasteiger partial charge in [-0.05, 0) is 25.2 Å². The maximum atomic E-state index is 5.45. The Kier molecular flexibility index (Phi) is 5.56. The van der Waals surface area contributed by atoms with Crippen LogP contribution in [0.3, 0.4) is 0 Å². The second-order valence-electron chi connectivity index (χ2n) is 5.72. The summed E-state index contributed by atoms with van der Waals surface area (Å²) in [5.74, 6) is 2.39. The van der Waals surface area contributed by atoms with Gasteiger partial charge < -0.3 is 14.2 Å². The second-order valence-corrected chi connectivity index (χ2v) is 6.11. The number of aromatic nitrogens is 3. The maximum absolute atomic E-state index is 5.45. The van der Waals surface area contributed by atoms with Gasteiger partial charge in [0, 0.05) is 17.7 Å². The molecule has 0 aliphatic heterocycles. The van der Waals surface area contributed by atoms with Gasteiger partial charge >= 0.3 is 0 Å². The molecule has 0 amide bonds. The number of ether oxygens (including phenoxy) is 3. The van der Waals surface area contributed by atoms with Crippen LogP contribution in [0.2, 0.25) is 0 Å². The SMILES string of the molecule is COc1cc(OC)c(C=Nn2c(-c3cccc(C)c3)n[nH]c2=S)c(OC)c1. The lowest BCUT2D eigenvalue weighted by atomic mass is 10.1. The van der Waals surface area contributed by atoms with Crippen LogP contribution in [0.25, 0.3) is 11.4 Å². The lowest BCUT2D eigenvalue weighted by Gasteiger charge is -2.12. The Balaban J connectivity index is 2.08. The van der Waals surface area contributed by atoms with Gasteiger partial charge in [0.25, 0.3) is 0 Å². The molecule has 0 fully saturated rings. The first-order valence-corrected chi connectivity index (χ1v) is 8.57. The molecule has 0 atom stereocenters. The average Bonchev–Trinajstić information content (AvgIpc) is 3.06. The van der Waals surface area contributed by atoms with Crippen molar-refractivity contribution in [3.05, 3.63) is 52.3 Å². The third-order valence-corrected chi connectivity index (χ3v) is 4.25. The van der Waals surface area contributed by atoms with Crippen LogP contribution in [0, 0.1) is 11.7 Å². The normalized spacial score (nSPS) is 11.0. The van der Waals surface area contributed by atoms with Crippen LogP contribution >= 0.6 is 12.2 Å². The Labute approximate surface area is 162 Å². The number of hydrogen-bond donors (Lipinski definition) is 1. The van der Waals surface area contributed by atoms with Crippen molar-refractivity contribution in [1.82, 2.24) is 14.9 Å². The molecule has 1 N–H and O–H groups in total. The summed E-state index contributed by atoms with van der Waals surface area (Å²) in [6.45, 7) is 2.02. The Bertz CT molecular complexity index is 1010. The van der Waals surface area contributed by atoms with Crippen LogP contribution in [0.4, 0.5) is 0 Å². The van der Waals surface area contributed by atoms with Gasteiger partial charge in [0.1, 0.15) is 17.2 Å². The highest BCUT2D eigenvalue weighted by molar-refractivity contribution is 7.71. The number of aromatic amines is 1. The van der Waals surface area contributed by atoms with Crippen molar-refractivity contribution in [3.8, 4) is 28.6 Å². The van der Waals surface area contributed by atoms with Crippen LogP contribution in [-0.4, -0.2) is 42.4 Å². The minimum atomic E-state index is 0.384. The molecule has 8 heteroatoms. The zero-order chi connectivity index (χ0) is 19.4. The molecule has 1 heterocycles. The molecule has 0 aliphatic rings. The fraction of sp³-hybridized carbons (Fsp3) is 0.211. The molecular weight excluding hydrogens is 364 g/mol. The van der Waals surface area contributed by atoms with Crippen molar-refractivity contribution in [1.29, 1.82) is 0 Å². The van der Waals surface area contributed by atoms with Crippen molar-refractivity contribution >= 4 is 18.4 Å². The number of nitrogens with one attached hydrogen (secondary N) is 1. The zero-order valence-electron chi connectivity index (χ0n) is 15.5. The van der Waals surface area contributed by atoms with E-state index in [1.165, 1.54) is 0 Å². The molecule has 0 saturated heterocycles. The quantitative estimate of drug-likeness (QED) is 0.517. The van der Waals surface area contributed by atoms with E-state index in [2.05, 4.69) is 15.3 Å². The Morgan fingerprint density at radius 1 is 1.07 bits per heavy atom. The molecule has 0 bridgehead atoms. The summed E-state index contributed by atoms with van der Waals surface area (Å²) < 4.78 is 18.1. The summed E-state index contributed by atoms with van der Waals surface area (Å²) in [6.07, 6.45) is 1.63. The van der Waals surface area contributed by atoms with E-state index < -0.39 is 0 Å². The van der Waals surface area contributed by atoms with Gasteiger partial charge in [-0.1, -0.05) is 23.8 Å². The van der Waals surface area contributed by atoms with Crippen molar-refractivity contribution < 1.29 is 14.2 Å². The summed E-state index contributed by atoms with van der Waals surface area (Å²) in [4.78, 5) is 0. The van der Waals surface area contributed by atoms with E-state index >= 15 is 0 Å². The van der Waals surface area contributed by atoms with Gasteiger partial charge in [0.15, 0.2) is 5.82 Å². The molecule has 3 aromatic rings. The highest BCUT2D eigenvalue weighted by atomic mass is 32.1. The summed E-state index contributed by atoms with van der Waals surface area (Å²) in [7, 11) is 4.74. The van der Waals surface area contributed by atoms with E-state index in [1.54, 1.807) is 44.4 Å². The molecule has 0 saturated carbocycles. The Hall–Kier alpha value is -3.13. The standard InChI is InChI=1S/C19H20N4O3S/c1-12-6-5-7-13(8-12)18-21-22-19(27)23(18)20-11-15-16(25-3)9-14(24-2)10-17(15)26-4/h5-11H,1-4H3,(H,22,27). The zero-order valence-corrected chi connectivity index (χ0v) is 16.3. The molecule has 3 rings (SSSR count). The van der Waals surface area contributed by atoms with E-state index in [0.29, 0.717) is 33.4 Å². The average molecular weight is 384 g/mol. The highest BCUT2D eigenvalue weighted by Gasteiger charge is 2.13. The fourth-order valence-corrected chi connectivity index (χ4v) is 2.82. The maximum Gasteiger partial charge on any atom is 0.216 e. The van der Waals surface area contributed by atoms with Gasteiger partial charge in [-0.15, -0.1) is 0 Å². The smallest absolute Gasteiger partial charge is 0.216 e. The topological polar surface area (TPSA) is 73.7 Å². The number of methoxy groups -OCH3 is 3. The Morgan fingerprint density at radius 2 is 1.78 bits per heavy atom. The third-order valence-electron chi connectivity index (χ3n) is 3.98. The van der Waals surface area contributed by atoms with Gasteiger partial charge in [0.05, 0.1) is 33.1 Å². The van der Waals surface area contributed by atoms with Crippen molar-refractivity contribution in [2.75, 3.05) is 21.3 Å². The fourth-order valence-electron chi connectivity index (χ4n) is 2.65. The lowest BCUT2D eigenvalue weighted by Crippen LogP contribution is -2.00. The molecule has 140 valence electrons. The monoisotopic (exact) mass is 384 g/mol. The van der Waals surface area contributed by atoms with Crippen LogP contribution in [0.5, 0.6) is 17.2 Å². The number of nitrogens with zero attached hydrogens (tertiary/aromatic N) is 3. The molecule has 0 spiro atoms. The first-order chi connectivity index (χ1) is 13.1. The molecule has 0 aliphatic carbocycles. The minimum absolute atomic E-state index is 0.384. The number of H-pyrrole nitrogens is 1. The summed E-state index contributed by atoms with van der Waals surface area (Å²) in [6, 6.07) is 11.5. The molecule has 1 aromatic heterocycles. The lowest BCUT2D eigenvalue weighted by molar-refractivity contribution is 0.374. The van der Waals surface area contributed by atoms with Crippen molar-refractivity contribution in [2.45, 2.75) is 6.92 Å². The molecule has 27 heavy (non-hydrogen) atoms. The number of hydrogen-bond acceptors (Lipinski definition) is 6. The van der Waals surface area contributed by atoms with Gasteiger partial charge in [-0.2, -0.15) is 14.9 Å². The van der Waals surface area contributed by atoms with E-state index in [1.807, 2.05) is 31.2 Å². The van der Waals surface area contributed by atoms with E-state index in [4.69, 9.17) is 26.4 Å². The predicted molar refractivity (Wildman–Crippen MR) is 107 cm³/mol. The van der Waals surface area contributed by atoms with Crippen LogP contribution < -0.4 is 14.2 Å². The van der Waals surface area contributed by atoms with E-state index in [9.17, 15) is 0 Å². The minimum Gasteiger partial charge on any atom is -0.496 e. The largest absolute Gasteiger partial charge is 0.496 e. The van der Waals surface area contributed by atoms with Crippen molar-refractivity contribution in [2.24, 2.45) is 5.10 Å². The van der Waals surface area contributed by atoms with Crippen molar-refractivity contribution in [3.63, 3.8) is 0 Å². The molecular formula is C19H20N4O3S. The first kappa shape index (κ1) is 18.7. The van der Waals surface area contributed by atoms with Gasteiger partial charge in [-0.25, -0.2) is 5.10 Å². The number of aryl methyl sites for hydroxylation is 1. The summed E-state index contributed by atoms with van der Waals surface area (Å²) >= 11 is 5.33. The summed E-state index contributed by atoms with van der Waals surface area (Å²) in [5.41, 5.74) is 2.70. The first-order valence-electron chi connectivity index (χ1n) is 8.16. The van der Waals surface area contributed by atoms with Gasteiger partial charge in [0.2, 0.25) is 4.77 Å². The molecule has 7 nitrogen and oxygen atoms in total. The summed E-state index contributed by atoms with van der Waals surface area (Å²) in [5, 5.41) is 11.6. The van der Waals surface area contributed by atoms with Crippen LogP contribution in [-0.2, 0) is 0 Å². The second kappa shape index (κ2) is 8.05. The van der Waals surface area contributed by atoms with Crippen LogP contribution in [0.1, 0.15) is 11.1 Å². The Morgan fingerprint density at radius 3 is 2.37 bits per heavy atom. The highest BCUT2D eigenvalue weighted by Crippen LogP contribution is 2.32.